The first-order valence-electron chi connectivity index (χ1n) is 3.91. The van der Waals surface area contributed by atoms with Gasteiger partial charge in [-0.25, -0.2) is 24.4 Å². The summed E-state index contributed by atoms with van der Waals surface area (Å²) >= 11 is 3.72. The number of thiol groups is 1. The second-order valence-electron chi connectivity index (χ2n) is 1.96. The monoisotopic (exact) mass is 268 g/mol. The van der Waals surface area contributed by atoms with Crippen molar-refractivity contribution in [1.82, 2.24) is 0 Å². The molecule has 0 aliphatic carbocycles. The van der Waals surface area contributed by atoms with Crippen molar-refractivity contribution in [2.75, 3.05) is 0 Å². The van der Waals surface area contributed by atoms with E-state index in [0.29, 0.717) is 0 Å². The van der Waals surface area contributed by atoms with E-state index in [1.165, 1.54) is 5.56 Å². The van der Waals surface area contributed by atoms with E-state index in [0.717, 1.165) is 5.69 Å². The number of benzene rings is 1. The molecule has 1 aromatic rings. The van der Waals surface area contributed by atoms with Gasteiger partial charge in [-0.15, -0.1) is 5.55 Å². The molecule has 0 fully saturated rings. The van der Waals surface area contributed by atoms with Crippen LogP contribution < -0.4 is 0 Å². The first-order chi connectivity index (χ1) is 5.83. The summed E-state index contributed by atoms with van der Waals surface area (Å²) in [5, 5.41) is 0. The van der Waals surface area contributed by atoms with Crippen LogP contribution in [0.4, 0.5) is 5.69 Å². The van der Waals surface area contributed by atoms with Gasteiger partial charge in [0.1, 0.15) is 0 Å². The maximum absolute atomic E-state index is 3.81. The van der Waals surface area contributed by atoms with Crippen molar-refractivity contribution >= 4 is 23.9 Å². The van der Waals surface area contributed by atoms with Crippen molar-refractivity contribution < 1.29 is 32.7 Å². The molecule has 0 atom stereocenters. The van der Waals surface area contributed by atoms with E-state index >= 15 is 0 Å². The molecular formula is C10H13NSY-2. The van der Waals surface area contributed by atoms with Crippen molar-refractivity contribution in [3.05, 3.63) is 29.8 Å². The van der Waals surface area contributed by atoms with E-state index in [4.69, 9.17) is 0 Å². The van der Waals surface area contributed by atoms with Gasteiger partial charge in [0.05, 0.1) is 0 Å². The molecule has 1 radical (unpaired) electrons. The van der Waals surface area contributed by atoms with Crippen molar-refractivity contribution in [2.24, 2.45) is 4.99 Å². The van der Waals surface area contributed by atoms with Gasteiger partial charge in [0.25, 0.3) is 0 Å². The summed E-state index contributed by atoms with van der Waals surface area (Å²) in [4.78, 5) is 3.81. The Kier molecular flexibility index (Phi) is 12.7. The topological polar surface area (TPSA) is 12.4 Å². The van der Waals surface area contributed by atoms with Crippen molar-refractivity contribution in [3.8, 4) is 0 Å². The molecule has 0 spiro atoms. The molecule has 1 nitrogen and oxygen atoms in total. The normalized spacial score (nSPS) is 8.62. The van der Waals surface area contributed by atoms with E-state index in [1.807, 2.05) is 39.0 Å². The first kappa shape index (κ1) is 15.8. The SMILES string of the molecule is CC.Cc1c[c-]c(N=[C-]S)cc1.[Y]. The molecule has 1 rings (SSSR count). The summed E-state index contributed by atoms with van der Waals surface area (Å²) in [6.45, 7) is 6.01. The smallest absolute Gasteiger partial charge is 0 e. The summed E-state index contributed by atoms with van der Waals surface area (Å²) in [7, 11) is 0. The molecule has 13 heavy (non-hydrogen) atoms. The average molecular weight is 268 g/mol. The molecule has 3 heteroatoms. The Labute approximate surface area is 111 Å². The second kappa shape index (κ2) is 10.4. The molecule has 0 unspecified atom stereocenters. The Morgan fingerprint density at radius 3 is 2.38 bits per heavy atom. The number of aliphatic imine (C=N–C) groups is 1. The standard InChI is InChI=1S/C8H7NS.C2H6.Y/c1-7-2-4-8(5-3-7)9-6-10;1-2;/h2-4H,1H3,(H,9,10);1-2H3;/q-2;;. The quantitative estimate of drug-likeness (QED) is 0.347. The van der Waals surface area contributed by atoms with Crippen LogP contribution in [0.5, 0.6) is 0 Å². The third-order valence-corrected chi connectivity index (χ3v) is 1.22. The Balaban J connectivity index is 0. The Morgan fingerprint density at radius 2 is 2.00 bits per heavy atom. The molecule has 0 aromatic heterocycles. The maximum atomic E-state index is 3.81. The fourth-order valence-electron chi connectivity index (χ4n) is 0.618. The van der Waals surface area contributed by atoms with E-state index in [1.54, 1.807) is 0 Å². The van der Waals surface area contributed by atoms with Crippen LogP contribution in [-0.2, 0) is 32.7 Å². The predicted molar refractivity (Wildman–Crippen MR) is 57.4 cm³/mol. The third-order valence-electron chi connectivity index (χ3n) is 1.12. The van der Waals surface area contributed by atoms with E-state index in [9.17, 15) is 0 Å². The van der Waals surface area contributed by atoms with Gasteiger partial charge < -0.3 is 4.99 Å². The van der Waals surface area contributed by atoms with Crippen LogP contribution >= 0.6 is 12.6 Å². The zero-order valence-corrected chi connectivity index (χ0v) is 11.9. The number of hydrogen-bond acceptors (Lipinski definition) is 1. The van der Waals surface area contributed by atoms with Crippen molar-refractivity contribution in [1.29, 1.82) is 0 Å². The van der Waals surface area contributed by atoms with Gasteiger partial charge in [0.15, 0.2) is 0 Å². The van der Waals surface area contributed by atoms with Gasteiger partial charge >= 0.3 is 0 Å². The van der Waals surface area contributed by atoms with Gasteiger partial charge in [-0.05, 0) is 0 Å². The first-order valence-corrected chi connectivity index (χ1v) is 4.36. The van der Waals surface area contributed by atoms with Crippen LogP contribution in [0, 0.1) is 13.0 Å². The van der Waals surface area contributed by atoms with Crippen LogP contribution in [0.1, 0.15) is 19.4 Å². The number of rotatable bonds is 1. The summed E-state index contributed by atoms with van der Waals surface area (Å²) < 4.78 is 0. The Hall–Kier alpha value is 0.344. The molecule has 0 saturated heterocycles. The molecule has 69 valence electrons. The van der Waals surface area contributed by atoms with Crippen LogP contribution in [0.25, 0.3) is 0 Å². The van der Waals surface area contributed by atoms with Gasteiger partial charge in [-0.3, -0.25) is 6.07 Å². The molecule has 0 saturated carbocycles. The summed E-state index contributed by atoms with van der Waals surface area (Å²) in [6, 6.07) is 8.68. The number of hydrogen-bond donors (Lipinski definition) is 1. The summed E-state index contributed by atoms with van der Waals surface area (Å²) in [5.41, 5.74) is 4.33. The predicted octanol–water partition coefficient (Wildman–Crippen LogP) is 3.29. The zero-order chi connectivity index (χ0) is 9.40. The Bertz CT molecular complexity index is 231. The molecule has 0 amide bonds. The van der Waals surface area contributed by atoms with E-state index in [2.05, 4.69) is 29.2 Å². The van der Waals surface area contributed by atoms with E-state index in [-0.39, 0.29) is 32.7 Å². The van der Waals surface area contributed by atoms with Crippen molar-refractivity contribution in [3.63, 3.8) is 0 Å². The molecule has 0 aliphatic heterocycles. The molecule has 1 aromatic carbocycles. The minimum atomic E-state index is 0. The van der Waals surface area contributed by atoms with Crippen molar-refractivity contribution in [2.45, 2.75) is 20.8 Å². The van der Waals surface area contributed by atoms with Crippen LogP contribution in [0.2, 0.25) is 0 Å². The van der Waals surface area contributed by atoms with Crippen LogP contribution in [-0.4, -0.2) is 5.55 Å². The molecule has 0 aliphatic rings. The van der Waals surface area contributed by atoms with Gasteiger partial charge in [0.2, 0.25) is 0 Å². The summed E-state index contributed by atoms with van der Waals surface area (Å²) in [6.07, 6.45) is 0. The van der Waals surface area contributed by atoms with Gasteiger partial charge in [-0.1, -0.05) is 20.8 Å². The second-order valence-corrected chi connectivity index (χ2v) is 2.16. The number of nitrogens with zero attached hydrogens (tertiary/aromatic N) is 1. The molecule has 0 N–H and O–H groups in total. The summed E-state index contributed by atoms with van der Waals surface area (Å²) in [5.74, 6) is 0. The fourth-order valence-corrected chi connectivity index (χ4v) is 0.726. The molecule has 0 heterocycles. The third kappa shape index (κ3) is 7.42. The largest absolute Gasteiger partial charge is 0.471 e. The minimum Gasteiger partial charge on any atom is -0.471 e. The molecule has 0 bridgehead atoms. The van der Waals surface area contributed by atoms with Crippen LogP contribution in [0.3, 0.4) is 0 Å². The van der Waals surface area contributed by atoms with Crippen LogP contribution in [0.15, 0.2) is 23.2 Å². The minimum absolute atomic E-state index is 0. The van der Waals surface area contributed by atoms with Gasteiger partial charge in [0, 0.05) is 32.7 Å². The average Bonchev–Trinajstić information content (AvgIpc) is 2.13. The fraction of sp³-hybridized carbons (Fsp3) is 0.300. The number of aryl methyl sites for hydroxylation is 1. The maximum Gasteiger partial charge on any atom is 0 e. The molecular weight excluding hydrogens is 255 g/mol. The zero-order valence-electron chi connectivity index (χ0n) is 8.20. The van der Waals surface area contributed by atoms with Gasteiger partial charge in [-0.2, -0.15) is 17.7 Å². The Morgan fingerprint density at radius 1 is 1.38 bits per heavy atom. The van der Waals surface area contributed by atoms with E-state index < -0.39 is 0 Å².